The van der Waals surface area contributed by atoms with Crippen LogP contribution in [0.2, 0.25) is 0 Å². The molecule has 0 fully saturated rings. The summed E-state index contributed by atoms with van der Waals surface area (Å²) in [5, 5.41) is 0. The van der Waals surface area contributed by atoms with Crippen molar-refractivity contribution in [3.63, 3.8) is 0 Å². The third kappa shape index (κ3) is 1.64. The van der Waals surface area contributed by atoms with Crippen LogP contribution in [0.3, 0.4) is 0 Å². The molecule has 0 radical (unpaired) electrons. The molecule has 0 aromatic carbocycles. The fraction of sp³-hybridized carbons (Fsp3) is 0.300. The van der Waals surface area contributed by atoms with E-state index in [4.69, 9.17) is 5.73 Å². The second-order valence-electron chi connectivity index (χ2n) is 2.88. The van der Waals surface area contributed by atoms with E-state index in [9.17, 15) is 0 Å². The number of amidine groups is 1. The first-order valence-electron chi connectivity index (χ1n) is 3.98. The van der Waals surface area contributed by atoms with Crippen LogP contribution in [0.1, 0.15) is 13.8 Å². The van der Waals surface area contributed by atoms with Gasteiger partial charge in [-0.1, -0.05) is 24.3 Å². The molecule has 0 aliphatic carbocycles. The molecule has 1 rings (SSSR count). The van der Waals surface area contributed by atoms with E-state index < -0.39 is 0 Å². The van der Waals surface area contributed by atoms with E-state index in [0.717, 1.165) is 11.1 Å². The maximum absolute atomic E-state index is 5.58. The molecule has 1 heterocycles. The van der Waals surface area contributed by atoms with Crippen LogP contribution in [0.5, 0.6) is 0 Å². The lowest BCUT2D eigenvalue weighted by Crippen LogP contribution is -2.09. The summed E-state index contributed by atoms with van der Waals surface area (Å²) in [5.41, 5.74) is 8.79. The van der Waals surface area contributed by atoms with Gasteiger partial charge < -0.3 is 5.73 Å². The lowest BCUT2D eigenvalue weighted by Gasteiger charge is -1.98. The Hall–Kier alpha value is -1.31. The Balaban J connectivity index is 2.83. The van der Waals surface area contributed by atoms with E-state index in [1.165, 1.54) is 5.57 Å². The van der Waals surface area contributed by atoms with Gasteiger partial charge in [0.05, 0.1) is 6.54 Å². The van der Waals surface area contributed by atoms with Crippen molar-refractivity contribution in [1.82, 2.24) is 0 Å². The molecule has 0 unspecified atom stereocenters. The Kier molecular flexibility index (Phi) is 2.48. The molecule has 0 aromatic heterocycles. The highest BCUT2D eigenvalue weighted by molar-refractivity contribution is 6.03. The summed E-state index contributed by atoms with van der Waals surface area (Å²) in [7, 11) is 0. The molecule has 0 saturated carbocycles. The summed E-state index contributed by atoms with van der Waals surface area (Å²) in [4.78, 5) is 4.09. The minimum absolute atomic E-state index is 0.574. The Morgan fingerprint density at radius 1 is 1.67 bits per heavy atom. The molecule has 12 heavy (non-hydrogen) atoms. The van der Waals surface area contributed by atoms with Crippen molar-refractivity contribution < 1.29 is 0 Å². The van der Waals surface area contributed by atoms with Crippen LogP contribution in [0.25, 0.3) is 0 Å². The van der Waals surface area contributed by atoms with Gasteiger partial charge >= 0.3 is 0 Å². The van der Waals surface area contributed by atoms with E-state index in [-0.39, 0.29) is 0 Å². The van der Waals surface area contributed by atoms with E-state index in [0.29, 0.717) is 12.4 Å². The van der Waals surface area contributed by atoms with Gasteiger partial charge in [-0.25, -0.2) is 0 Å². The Morgan fingerprint density at radius 2 is 2.33 bits per heavy atom. The van der Waals surface area contributed by atoms with Crippen molar-refractivity contribution in [3.8, 4) is 0 Å². The monoisotopic (exact) mass is 162 g/mol. The topological polar surface area (TPSA) is 38.4 Å². The molecule has 0 saturated heterocycles. The molecule has 0 atom stereocenters. The first-order valence-corrected chi connectivity index (χ1v) is 3.98. The van der Waals surface area contributed by atoms with Crippen LogP contribution in [0, 0.1) is 0 Å². The minimum Gasteiger partial charge on any atom is -0.384 e. The Labute approximate surface area is 73.2 Å². The third-order valence-corrected chi connectivity index (χ3v) is 1.97. The number of allylic oxidation sites excluding steroid dienone is 3. The molecule has 2 nitrogen and oxygen atoms in total. The second-order valence-corrected chi connectivity index (χ2v) is 2.88. The highest BCUT2D eigenvalue weighted by Crippen LogP contribution is 2.17. The molecular formula is C10H14N2. The number of aliphatic imine (C=N–C) groups is 1. The molecule has 2 N–H and O–H groups in total. The van der Waals surface area contributed by atoms with Crippen molar-refractivity contribution in [1.29, 1.82) is 0 Å². The third-order valence-electron chi connectivity index (χ3n) is 1.97. The molecule has 1 aliphatic heterocycles. The average molecular weight is 162 g/mol. The predicted octanol–water partition coefficient (Wildman–Crippen LogP) is 1.81. The van der Waals surface area contributed by atoms with Gasteiger partial charge in [0.15, 0.2) is 0 Å². The molecule has 64 valence electrons. The zero-order chi connectivity index (χ0) is 9.14. The Bertz CT molecular complexity index is 293. The average Bonchev–Trinajstić information content (AvgIpc) is 2.36. The van der Waals surface area contributed by atoms with Crippen molar-refractivity contribution in [2.45, 2.75) is 13.8 Å². The molecule has 0 amide bonds. The van der Waals surface area contributed by atoms with Crippen LogP contribution in [0.4, 0.5) is 0 Å². The van der Waals surface area contributed by atoms with E-state index in [2.05, 4.69) is 30.6 Å². The van der Waals surface area contributed by atoms with Gasteiger partial charge in [-0.2, -0.15) is 0 Å². The molecule has 1 aliphatic rings. The predicted molar refractivity (Wildman–Crippen MR) is 53.1 cm³/mol. The minimum atomic E-state index is 0.574. The summed E-state index contributed by atoms with van der Waals surface area (Å²) in [5.74, 6) is 0.574. The second kappa shape index (κ2) is 3.39. The van der Waals surface area contributed by atoms with Gasteiger partial charge in [0.1, 0.15) is 5.84 Å². The van der Waals surface area contributed by atoms with Crippen molar-refractivity contribution in [2.75, 3.05) is 6.54 Å². The summed E-state index contributed by atoms with van der Waals surface area (Å²) in [6.07, 6.45) is 4.13. The van der Waals surface area contributed by atoms with Crippen molar-refractivity contribution >= 4 is 5.84 Å². The van der Waals surface area contributed by atoms with Gasteiger partial charge in [0, 0.05) is 5.57 Å². The number of nitrogens with two attached hydrogens (primary N) is 1. The molecule has 0 bridgehead atoms. The number of hydrogen-bond acceptors (Lipinski definition) is 2. The summed E-state index contributed by atoms with van der Waals surface area (Å²) in [6, 6.07) is 0. The van der Waals surface area contributed by atoms with Crippen LogP contribution in [-0.4, -0.2) is 12.4 Å². The van der Waals surface area contributed by atoms with Gasteiger partial charge in [-0.05, 0) is 19.4 Å². The first kappa shape index (κ1) is 8.78. The Morgan fingerprint density at radius 3 is 2.75 bits per heavy atom. The molecule has 0 spiro atoms. The quantitative estimate of drug-likeness (QED) is 0.627. The van der Waals surface area contributed by atoms with Crippen molar-refractivity contribution in [2.24, 2.45) is 10.7 Å². The lowest BCUT2D eigenvalue weighted by atomic mass is 10.1. The lowest BCUT2D eigenvalue weighted by molar-refractivity contribution is 1.22. The fourth-order valence-corrected chi connectivity index (χ4v) is 1.02. The number of nitrogens with zero attached hydrogens (tertiary/aromatic N) is 1. The maximum Gasteiger partial charge on any atom is 0.125 e. The van der Waals surface area contributed by atoms with Gasteiger partial charge in [0.25, 0.3) is 0 Å². The SMILES string of the molecule is C=C1C(N)=NC/C1=C/C(C)=C\C. The normalized spacial score (nSPS) is 21.8. The fourth-order valence-electron chi connectivity index (χ4n) is 1.02. The van der Waals surface area contributed by atoms with E-state index in [1.54, 1.807) is 0 Å². The van der Waals surface area contributed by atoms with Crippen molar-refractivity contribution in [3.05, 3.63) is 35.5 Å². The largest absolute Gasteiger partial charge is 0.384 e. The van der Waals surface area contributed by atoms with Gasteiger partial charge in [-0.3, -0.25) is 4.99 Å². The first-order chi connectivity index (χ1) is 5.65. The standard InChI is InChI=1S/C10H14N2/c1-4-7(2)5-9-6-12-10(11)8(9)3/h4-5H,3,6H2,1-2H3,(H2,11,12)/b7-4-,9-5-. The van der Waals surface area contributed by atoms with E-state index in [1.807, 2.05) is 6.92 Å². The maximum atomic E-state index is 5.58. The molecular weight excluding hydrogens is 148 g/mol. The smallest absolute Gasteiger partial charge is 0.125 e. The van der Waals surface area contributed by atoms with E-state index >= 15 is 0 Å². The summed E-state index contributed by atoms with van der Waals surface area (Å²) >= 11 is 0. The summed E-state index contributed by atoms with van der Waals surface area (Å²) in [6.45, 7) is 8.59. The highest BCUT2D eigenvalue weighted by atomic mass is 14.9. The van der Waals surface area contributed by atoms with Gasteiger partial charge in [0.2, 0.25) is 0 Å². The number of rotatable bonds is 1. The number of hydrogen-bond donors (Lipinski definition) is 1. The van der Waals surface area contributed by atoms with Crippen LogP contribution in [0.15, 0.2) is 40.4 Å². The van der Waals surface area contributed by atoms with Gasteiger partial charge in [-0.15, -0.1) is 0 Å². The van der Waals surface area contributed by atoms with Crippen LogP contribution < -0.4 is 5.73 Å². The van der Waals surface area contributed by atoms with Crippen LogP contribution >= 0.6 is 0 Å². The molecule has 0 aromatic rings. The highest BCUT2D eigenvalue weighted by Gasteiger charge is 2.12. The molecule has 2 heteroatoms. The zero-order valence-corrected chi connectivity index (χ0v) is 7.59. The summed E-state index contributed by atoms with van der Waals surface area (Å²) < 4.78 is 0. The van der Waals surface area contributed by atoms with Crippen LogP contribution in [-0.2, 0) is 0 Å². The zero-order valence-electron chi connectivity index (χ0n) is 7.59.